The summed E-state index contributed by atoms with van der Waals surface area (Å²) in [7, 11) is -3.26. The first-order valence-corrected chi connectivity index (χ1v) is 7.99. The molecule has 19 heavy (non-hydrogen) atoms. The minimum Gasteiger partial charge on any atom is -0.481 e. The Bertz CT molecular complexity index is 448. The Morgan fingerprint density at radius 1 is 1.47 bits per heavy atom. The largest absolute Gasteiger partial charge is 0.481 e. The lowest BCUT2D eigenvalue weighted by atomic mass is 10.1. The fourth-order valence-electron chi connectivity index (χ4n) is 2.08. The van der Waals surface area contributed by atoms with Crippen LogP contribution in [0.5, 0.6) is 0 Å². The summed E-state index contributed by atoms with van der Waals surface area (Å²) < 4.78 is 23.1. The number of carboxylic acids is 1. The summed E-state index contributed by atoms with van der Waals surface area (Å²) in [5.74, 6) is -1.71. The zero-order valence-electron chi connectivity index (χ0n) is 10.9. The Kier molecular flexibility index (Phi) is 5.30. The van der Waals surface area contributed by atoms with Gasteiger partial charge in [0.1, 0.15) is 0 Å². The number of nitrogens with two attached hydrogens (primary N) is 1. The first kappa shape index (κ1) is 15.9. The lowest BCUT2D eigenvalue weighted by molar-refractivity contribution is -0.140. The van der Waals surface area contributed by atoms with Crippen molar-refractivity contribution in [1.29, 1.82) is 0 Å². The number of aliphatic carboxylic acids is 1. The zero-order chi connectivity index (χ0) is 14.6. The van der Waals surface area contributed by atoms with Gasteiger partial charge in [0, 0.05) is 13.0 Å². The molecule has 0 aromatic carbocycles. The molecule has 7 nitrogen and oxygen atoms in total. The van der Waals surface area contributed by atoms with Crippen LogP contribution in [0.3, 0.4) is 0 Å². The average molecular weight is 292 g/mol. The van der Waals surface area contributed by atoms with E-state index in [0.717, 1.165) is 0 Å². The third kappa shape index (κ3) is 4.79. The molecule has 8 heteroatoms. The van der Waals surface area contributed by atoms with Crippen molar-refractivity contribution in [3.05, 3.63) is 0 Å². The highest BCUT2D eigenvalue weighted by molar-refractivity contribution is 7.91. The molecule has 1 aliphatic rings. The monoisotopic (exact) mass is 292 g/mol. The van der Waals surface area contributed by atoms with Gasteiger partial charge in [-0.3, -0.25) is 9.59 Å². The molecule has 1 amide bonds. The van der Waals surface area contributed by atoms with Crippen molar-refractivity contribution in [3.63, 3.8) is 0 Å². The van der Waals surface area contributed by atoms with E-state index in [0.29, 0.717) is 6.54 Å². The summed E-state index contributed by atoms with van der Waals surface area (Å²) in [6.45, 7) is 2.25. The Labute approximate surface area is 112 Å². The Balaban J connectivity index is 2.78. The Hall–Kier alpha value is -1.15. The van der Waals surface area contributed by atoms with E-state index in [1.807, 2.05) is 6.92 Å². The second-order valence-electron chi connectivity index (χ2n) is 5.00. The van der Waals surface area contributed by atoms with Gasteiger partial charge in [0.15, 0.2) is 9.84 Å². The molecule has 0 saturated carbocycles. The first-order chi connectivity index (χ1) is 8.75. The van der Waals surface area contributed by atoms with E-state index in [1.54, 1.807) is 0 Å². The predicted octanol–water partition coefficient (Wildman–Crippen LogP) is -0.928. The summed E-state index contributed by atoms with van der Waals surface area (Å²) in [5.41, 5.74) is 5.45. The third-order valence-electron chi connectivity index (χ3n) is 3.19. The molecule has 0 spiro atoms. The number of carboxylic acid groups (broad SMARTS) is 1. The second kappa shape index (κ2) is 6.33. The normalized spacial score (nSPS) is 23.9. The van der Waals surface area contributed by atoms with Crippen LogP contribution in [-0.2, 0) is 19.4 Å². The molecule has 0 aromatic rings. The van der Waals surface area contributed by atoms with E-state index >= 15 is 0 Å². The SMILES string of the molecule is CC(CN)CC(=O)N1CCS(=O)(=O)CC1CC(=O)O. The van der Waals surface area contributed by atoms with Gasteiger partial charge in [0.2, 0.25) is 5.91 Å². The number of hydrogen-bond acceptors (Lipinski definition) is 5. The van der Waals surface area contributed by atoms with E-state index in [9.17, 15) is 18.0 Å². The van der Waals surface area contributed by atoms with Crippen molar-refractivity contribution in [3.8, 4) is 0 Å². The molecule has 0 radical (unpaired) electrons. The molecule has 1 rings (SSSR count). The molecule has 0 bridgehead atoms. The topological polar surface area (TPSA) is 118 Å². The third-order valence-corrected chi connectivity index (χ3v) is 4.88. The molecule has 0 aromatic heterocycles. The van der Waals surface area contributed by atoms with Crippen molar-refractivity contribution in [2.75, 3.05) is 24.6 Å². The van der Waals surface area contributed by atoms with Gasteiger partial charge in [-0.25, -0.2) is 8.42 Å². The van der Waals surface area contributed by atoms with E-state index in [1.165, 1.54) is 4.90 Å². The highest BCUT2D eigenvalue weighted by Gasteiger charge is 2.35. The first-order valence-electron chi connectivity index (χ1n) is 6.17. The molecule has 110 valence electrons. The molecule has 1 heterocycles. The van der Waals surface area contributed by atoms with Gasteiger partial charge in [-0.1, -0.05) is 6.92 Å². The van der Waals surface area contributed by atoms with E-state index in [-0.39, 0.29) is 42.7 Å². The van der Waals surface area contributed by atoms with Gasteiger partial charge in [-0.15, -0.1) is 0 Å². The van der Waals surface area contributed by atoms with Crippen LogP contribution in [0.15, 0.2) is 0 Å². The molecule has 3 N–H and O–H groups in total. The van der Waals surface area contributed by atoms with Crippen LogP contribution in [0.2, 0.25) is 0 Å². The van der Waals surface area contributed by atoms with Gasteiger partial charge in [-0.2, -0.15) is 0 Å². The lowest BCUT2D eigenvalue weighted by Gasteiger charge is -2.35. The fourth-order valence-corrected chi connectivity index (χ4v) is 3.61. The molecule has 2 atom stereocenters. The molecule has 0 aliphatic carbocycles. The molecular weight excluding hydrogens is 272 g/mol. The molecule has 1 fully saturated rings. The quantitative estimate of drug-likeness (QED) is 0.676. The maximum Gasteiger partial charge on any atom is 0.305 e. The highest BCUT2D eigenvalue weighted by Crippen LogP contribution is 2.17. The number of carbonyl (C=O) groups excluding carboxylic acids is 1. The summed E-state index contributed by atoms with van der Waals surface area (Å²) >= 11 is 0. The van der Waals surface area contributed by atoms with Crippen molar-refractivity contribution in [1.82, 2.24) is 4.90 Å². The minimum atomic E-state index is -3.26. The van der Waals surface area contributed by atoms with Crippen molar-refractivity contribution in [2.24, 2.45) is 11.7 Å². The Morgan fingerprint density at radius 2 is 2.11 bits per heavy atom. The van der Waals surface area contributed by atoms with Crippen LogP contribution in [0.4, 0.5) is 0 Å². The van der Waals surface area contributed by atoms with Crippen LogP contribution in [0.1, 0.15) is 19.8 Å². The number of hydrogen-bond donors (Lipinski definition) is 2. The van der Waals surface area contributed by atoms with Gasteiger partial charge < -0.3 is 15.7 Å². The van der Waals surface area contributed by atoms with E-state index in [4.69, 9.17) is 10.8 Å². The number of sulfone groups is 1. The van der Waals surface area contributed by atoms with E-state index in [2.05, 4.69) is 0 Å². The minimum absolute atomic E-state index is 0.00323. The van der Waals surface area contributed by atoms with Crippen molar-refractivity contribution >= 4 is 21.7 Å². The van der Waals surface area contributed by atoms with Gasteiger partial charge >= 0.3 is 5.97 Å². The molecule has 1 saturated heterocycles. The van der Waals surface area contributed by atoms with Gasteiger partial charge in [-0.05, 0) is 12.5 Å². The summed E-state index contributed by atoms with van der Waals surface area (Å²) in [6, 6.07) is -0.770. The van der Waals surface area contributed by atoms with Crippen molar-refractivity contribution < 1.29 is 23.1 Å². The van der Waals surface area contributed by atoms with Crippen LogP contribution >= 0.6 is 0 Å². The standard InChI is InChI=1S/C11H20N2O5S/c1-8(6-12)4-10(14)13-2-3-19(17,18)7-9(13)5-11(15)16/h8-9H,2-7,12H2,1H3,(H,15,16). The highest BCUT2D eigenvalue weighted by atomic mass is 32.2. The predicted molar refractivity (Wildman–Crippen MR) is 69.2 cm³/mol. The second-order valence-corrected chi connectivity index (χ2v) is 7.23. The summed E-state index contributed by atoms with van der Waals surface area (Å²) in [5, 5.41) is 8.81. The average Bonchev–Trinajstić information content (AvgIpc) is 2.26. The molecular formula is C11H20N2O5S. The molecule has 1 aliphatic heterocycles. The number of nitrogens with zero attached hydrogens (tertiary/aromatic N) is 1. The number of amides is 1. The van der Waals surface area contributed by atoms with E-state index < -0.39 is 21.8 Å². The van der Waals surface area contributed by atoms with Crippen LogP contribution in [0.25, 0.3) is 0 Å². The zero-order valence-corrected chi connectivity index (χ0v) is 11.7. The van der Waals surface area contributed by atoms with Crippen LogP contribution < -0.4 is 5.73 Å². The summed E-state index contributed by atoms with van der Waals surface area (Å²) in [4.78, 5) is 24.2. The number of carbonyl (C=O) groups is 2. The lowest BCUT2D eigenvalue weighted by Crippen LogP contribution is -2.52. The van der Waals surface area contributed by atoms with Crippen LogP contribution in [0, 0.1) is 5.92 Å². The smallest absolute Gasteiger partial charge is 0.305 e. The van der Waals surface area contributed by atoms with Crippen LogP contribution in [-0.4, -0.2) is 60.9 Å². The number of rotatable bonds is 5. The Morgan fingerprint density at radius 3 is 2.63 bits per heavy atom. The van der Waals surface area contributed by atoms with Gasteiger partial charge in [0.05, 0.1) is 24.0 Å². The maximum absolute atomic E-state index is 12.1. The van der Waals surface area contributed by atoms with Gasteiger partial charge in [0.25, 0.3) is 0 Å². The maximum atomic E-state index is 12.1. The van der Waals surface area contributed by atoms with Crippen molar-refractivity contribution in [2.45, 2.75) is 25.8 Å². The molecule has 2 unspecified atom stereocenters. The fraction of sp³-hybridized carbons (Fsp3) is 0.818. The summed E-state index contributed by atoms with van der Waals surface area (Å²) in [6.07, 6.45) is -0.130.